The van der Waals surface area contributed by atoms with E-state index >= 15 is 0 Å². The molecule has 0 saturated heterocycles. The molecule has 0 aliphatic rings. The summed E-state index contributed by atoms with van der Waals surface area (Å²) in [6, 6.07) is 15.7. The maximum absolute atomic E-state index is 12.3. The number of amides is 1. The number of hydrogen-bond donors (Lipinski definition) is 0. The Morgan fingerprint density at radius 1 is 1.12 bits per heavy atom. The molecule has 0 bridgehead atoms. The van der Waals surface area contributed by atoms with Gasteiger partial charge in [-0.15, -0.1) is 0 Å². The van der Waals surface area contributed by atoms with Crippen LogP contribution >= 0.6 is 0 Å². The molecule has 0 fully saturated rings. The standard InChI is InChI=1S/C18H20N2O4/c1-2-19(15-9-4-3-5-10-15)18(21)13-8-14-24-17-12-7-6-11-16(17)20(22)23/h3-7,9-12H,2,8,13-14H2,1H3. The molecule has 6 nitrogen and oxygen atoms in total. The lowest BCUT2D eigenvalue weighted by atomic mass is 10.2. The SMILES string of the molecule is CCN(C(=O)CCCOc1ccccc1[N+](=O)[O-])c1ccccc1. The first-order chi connectivity index (χ1) is 11.6. The molecule has 1 amide bonds. The van der Waals surface area contributed by atoms with Gasteiger partial charge in [0.1, 0.15) is 0 Å². The molecule has 0 heterocycles. The van der Waals surface area contributed by atoms with Crippen LogP contribution in [-0.4, -0.2) is 24.0 Å². The second kappa shape index (κ2) is 8.67. The van der Waals surface area contributed by atoms with Gasteiger partial charge in [-0.1, -0.05) is 30.3 Å². The zero-order valence-electron chi connectivity index (χ0n) is 13.6. The lowest BCUT2D eigenvalue weighted by molar-refractivity contribution is -0.385. The van der Waals surface area contributed by atoms with Gasteiger partial charge in [0, 0.05) is 24.7 Å². The Morgan fingerprint density at radius 2 is 1.79 bits per heavy atom. The first-order valence-corrected chi connectivity index (χ1v) is 7.85. The topological polar surface area (TPSA) is 72.7 Å². The van der Waals surface area contributed by atoms with E-state index in [0.717, 1.165) is 5.69 Å². The first-order valence-electron chi connectivity index (χ1n) is 7.85. The number of nitro benzene ring substituents is 1. The molecule has 126 valence electrons. The van der Waals surface area contributed by atoms with E-state index in [2.05, 4.69) is 0 Å². The van der Waals surface area contributed by atoms with Crippen molar-refractivity contribution in [2.24, 2.45) is 0 Å². The highest BCUT2D eigenvalue weighted by atomic mass is 16.6. The minimum atomic E-state index is -0.477. The molecule has 0 atom stereocenters. The zero-order valence-corrected chi connectivity index (χ0v) is 13.6. The van der Waals surface area contributed by atoms with Crippen LogP contribution in [0.1, 0.15) is 19.8 Å². The van der Waals surface area contributed by atoms with Crippen LogP contribution in [0.4, 0.5) is 11.4 Å². The van der Waals surface area contributed by atoms with E-state index in [-0.39, 0.29) is 24.0 Å². The van der Waals surface area contributed by atoms with Gasteiger partial charge >= 0.3 is 5.69 Å². The molecule has 0 spiro atoms. The molecular weight excluding hydrogens is 308 g/mol. The highest BCUT2D eigenvalue weighted by molar-refractivity contribution is 5.93. The quantitative estimate of drug-likeness (QED) is 0.420. The summed E-state index contributed by atoms with van der Waals surface area (Å²) in [7, 11) is 0. The van der Waals surface area contributed by atoms with Crippen LogP contribution in [0.5, 0.6) is 5.75 Å². The van der Waals surface area contributed by atoms with Crippen LogP contribution in [0.2, 0.25) is 0 Å². The Labute approximate surface area is 140 Å². The third-order valence-corrected chi connectivity index (χ3v) is 3.54. The summed E-state index contributed by atoms with van der Waals surface area (Å²) in [5, 5.41) is 10.9. The average molecular weight is 328 g/mol. The summed E-state index contributed by atoms with van der Waals surface area (Å²) >= 11 is 0. The van der Waals surface area contributed by atoms with Crippen molar-refractivity contribution in [2.45, 2.75) is 19.8 Å². The van der Waals surface area contributed by atoms with Crippen LogP contribution in [0.25, 0.3) is 0 Å². The molecular formula is C18H20N2O4. The van der Waals surface area contributed by atoms with E-state index in [1.807, 2.05) is 37.3 Å². The molecule has 0 aliphatic carbocycles. The number of para-hydroxylation sites is 3. The van der Waals surface area contributed by atoms with Crippen LogP contribution < -0.4 is 9.64 Å². The predicted octanol–water partition coefficient (Wildman–Crippen LogP) is 3.81. The fourth-order valence-corrected chi connectivity index (χ4v) is 2.38. The third kappa shape index (κ3) is 4.55. The lowest BCUT2D eigenvalue weighted by Crippen LogP contribution is -2.30. The smallest absolute Gasteiger partial charge is 0.310 e. The zero-order chi connectivity index (χ0) is 17.4. The number of benzene rings is 2. The van der Waals surface area contributed by atoms with Crippen molar-refractivity contribution in [3.05, 3.63) is 64.7 Å². The van der Waals surface area contributed by atoms with Gasteiger partial charge in [-0.2, -0.15) is 0 Å². The van der Waals surface area contributed by atoms with E-state index in [1.165, 1.54) is 6.07 Å². The van der Waals surface area contributed by atoms with Gasteiger partial charge in [-0.25, -0.2) is 0 Å². The lowest BCUT2D eigenvalue weighted by Gasteiger charge is -2.21. The van der Waals surface area contributed by atoms with Gasteiger partial charge in [0.2, 0.25) is 5.91 Å². The molecule has 0 unspecified atom stereocenters. The molecule has 0 radical (unpaired) electrons. The monoisotopic (exact) mass is 328 g/mol. The van der Waals surface area contributed by atoms with E-state index in [9.17, 15) is 14.9 Å². The molecule has 0 aliphatic heterocycles. The Morgan fingerprint density at radius 3 is 2.46 bits per heavy atom. The number of carbonyl (C=O) groups is 1. The molecule has 0 saturated carbocycles. The van der Waals surface area contributed by atoms with Crippen LogP contribution in [0, 0.1) is 10.1 Å². The van der Waals surface area contributed by atoms with Gasteiger partial charge in [-0.3, -0.25) is 14.9 Å². The van der Waals surface area contributed by atoms with Crippen molar-refractivity contribution < 1.29 is 14.5 Å². The van der Waals surface area contributed by atoms with E-state index in [1.54, 1.807) is 23.1 Å². The van der Waals surface area contributed by atoms with Crippen molar-refractivity contribution in [3.8, 4) is 5.75 Å². The molecule has 2 rings (SSSR count). The van der Waals surface area contributed by atoms with Crippen molar-refractivity contribution in [1.29, 1.82) is 0 Å². The highest BCUT2D eigenvalue weighted by Crippen LogP contribution is 2.26. The summed E-state index contributed by atoms with van der Waals surface area (Å²) in [5.74, 6) is 0.236. The molecule has 6 heteroatoms. The third-order valence-electron chi connectivity index (χ3n) is 3.54. The van der Waals surface area contributed by atoms with E-state index in [0.29, 0.717) is 19.4 Å². The maximum Gasteiger partial charge on any atom is 0.310 e. The minimum Gasteiger partial charge on any atom is -0.487 e. The Kier molecular flexibility index (Phi) is 6.31. The molecule has 24 heavy (non-hydrogen) atoms. The Bertz CT molecular complexity index is 688. The van der Waals surface area contributed by atoms with Gasteiger partial charge in [0.05, 0.1) is 11.5 Å². The van der Waals surface area contributed by atoms with Gasteiger partial charge < -0.3 is 9.64 Å². The Hall–Kier alpha value is -2.89. The van der Waals surface area contributed by atoms with Gasteiger partial charge in [0.25, 0.3) is 0 Å². The average Bonchev–Trinajstić information content (AvgIpc) is 2.60. The molecule has 0 N–H and O–H groups in total. The van der Waals surface area contributed by atoms with Crippen molar-refractivity contribution in [1.82, 2.24) is 0 Å². The number of anilines is 1. The molecule has 0 aromatic heterocycles. The largest absolute Gasteiger partial charge is 0.487 e. The summed E-state index contributed by atoms with van der Waals surface area (Å²) < 4.78 is 5.46. The molecule has 2 aromatic rings. The van der Waals surface area contributed by atoms with Gasteiger partial charge in [-0.05, 0) is 31.5 Å². The van der Waals surface area contributed by atoms with Crippen LogP contribution in [-0.2, 0) is 4.79 Å². The van der Waals surface area contributed by atoms with E-state index < -0.39 is 4.92 Å². The van der Waals surface area contributed by atoms with E-state index in [4.69, 9.17) is 4.74 Å². The number of nitro groups is 1. The number of nitrogens with zero attached hydrogens (tertiary/aromatic N) is 2. The van der Waals surface area contributed by atoms with Crippen LogP contribution in [0.3, 0.4) is 0 Å². The predicted molar refractivity (Wildman–Crippen MR) is 92.3 cm³/mol. The minimum absolute atomic E-state index is 0.00913. The second-order valence-corrected chi connectivity index (χ2v) is 5.15. The number of rotatable bonds is 8. The van der Waals surface area contributed by atoms with Crippen molar-refractivity contribution in [3.63, 3.8) is 0 Å². The highest BCUT2D eigenvalue weighted by Gasteiger charge is 2.15. The summed E-state index contributed by atoms with van der Waals surface area (Å²) in [4.78, 5) is 24.5. The van der Waals surface area contributed by atoms with Gasteiger partial charge in [0.15, 0.2) is 5.75 Å². The van der Waals surface area contributed by atoms with Crippen LogP contribution in [0.15, 0.2) is 54.6 Å². The first kappa shape index (κ1) is 17.5. The number of hydrogen-bond acceptors (Lipinski definition) is 4. The summed E-state index contributed by atoms with van der Waals surface area (Å²) in [6.45, 7) is 2.77. The summed E-state index contributed by atoms with van der Waals surface area (Å²) in [6.07, 6.45) is 0.817. The van der Waals surface area contributed by atoms with Crippen molar-refractivity contribution >= 4 is 17.3 Å². The fraction of sp³-hybridized carbons (Fsp3) is 0.278. The number of ether oxygens (including phenoxy) is 1. The second-order valence-electron chi connectivity index (χ2n) is 5.15. The molecule has 2 aromatic carbocycles. The fourth-order valence-electron chi connectivity index (χ4n) is 2.38. The van der Waals surface area contributed by atoms with Crippen molar-refractivity contribution in [2.75, 3.05) is 18.1 Å². The number of carbonyl (C=O) groups excluding carboxylic acids is 1. The Balaban J connectivity index is 1.86. The summed E-state index contributed by atoms with van der Waals surface area (Å²) in [5.41, 5.74) is 0.799. The normalized spacial score (nSPS) is 10.2. The maximum atomic E-state index is 12.3.